The smallest absolute Gasteiger partial charge is 0.248 e. The molecule has 3 amide bonds. The highest BCUT2D eigenvalue weighted by atomic mass is 35.5. The summed E-state index contributed by atoms with van der Waals surface area (Å²) in [6.07, 6.45) is 2.80. The van der Waals surface area contributed by atoms with E-state index in [1.165, 1.54) is 0 Å². The molecule has 4 rings (SSSR count). The molecule has 33 heavy (non-hydrogen) atoms. The zero-order valence-electron chi connectivity index (χ0n) is 19.1. The van der Waals surface area contributed by atoms with Gasteiger partial charge in [-0.2, -0.15) is 0 Å². The summed E-state index contributed by atoms with van der Waals surface area (Å²) in [4.78, 5) is 42.3. The quantitative estimate of drug-likeness (QED) is 0.459. The topological polar surface area (TPSA) is 98.7 Å². The largest absolute Gasteiger partial charge is 0.396 e. The Bertz CT molecular complexity index is 913. The number of halogens is 1. The van der Waals surface area contributed by atoms with Gasteiger partial charge in [-0.3, -0.25) is 14.4 Å². The molecule has 3 fully saturated rings. The summed E-state index contributed by atoms with van der Waals surface area (Å²) in [6.45, 7) is 5.11. The van der Waals surface area contributed by atoms with Gasteiger partial charge in [0.05, 0.1) is 16.6 Å². The molecular formula is C24H32ClN3O4S. The minimum Gasteiger partial charge on any atom is -0.396 e. The average Bonchev–Trinajstić information content (AvgIpc) is 3.38. The number of rotatable bonds is 9. The van der Waals surface area contributed by atoms with E-state index in [1.807, 2.05) is 6.92 Å². The summed E-state index contributed by atoms with van der Waals surface area (Å²) < 4.78 is -0.633. The second kappa shape index (κ2) is 9.84. The number of nitrogens with one attached hydrogen (secondary N) is 2. The van der Waals surface area contributed by atoms with Gasteiger partial charge in [-0.1, -0.05) is 25.4 Å². The molecule has 3 saturated heterocycles. The molecule has 1 aromatic carbocycles. The van der Waals surface area contributed by atoms with Gasteiger partial charge in [-0.05, 0) is 55.9 Å². The number of likely N-dealkylation sites (tertiary alicyclic amines) is 1. The van der Waals surface area contributed by atoms with Crippen molar-refractivity contribution in [2.45, 2.75) is 55.6 Å². The highest BCUT2D eigenvalue weighted by molar-refractivity contribution is 8.02. The van der Waals surface area contributed by atoms with Gasteiger partial charge in [0, 0.05) is 35.7 Å². The predicted molar refractivity (Wildman–Crippen MR) is 130 cm³/mol. The number of unbranched alkanes of at least 4 members (excludes halogenated alkanes) is 1. The van der Waals surface area contributed by atoms with E-state index in [9.17, 15) is 19.5 Å². The number of amides is 3. The normalized spacial score (nSPS) is 32.2. The summed E-state index contributed by atoms with van der Waals surface area (Å²) in [7, 11) is 0. The molecule has 9 heteroatoms. The number of thioether (sulfide) groups is 1. The molecule has 0 aliphatic carbocycles. The van der Waals surface area contributed by atoms with Crippen molar-refractivity contribution in [1.29, 1.82) is 0 Å². The van der Waals surface area contributed by atoms with Gasteiger partial charge >= 0.3 is 0 Å². The molecular weight excluding hydrogens is 462 g/mol. The Hall–Kier alpha value is -1.77. The van der Waals surface area contributed by atoms with Crippen LogP contribution in [0.25, 0.3) is 0 Å². The Balaban J connectivity index is 1.68. The third-order valence-electron chi connectivity index (χ3n) is 7.26. The van der Waals surface area contributed by atoms with Gasteiger partial charge in [0.1, 0.15) is 6.04 Å². The molecule has 3 aliphatic rings. The van der Waals surface area contributed by atoms with Crippen LogP contribution < -0.4 is 10.6 Å². The van der Waals surface area contributed by atoms with E-state index in [-0.39, 0.29) is 35.5 Å². The lowest BCUT2D eigenvalue weighted by molar-refractivity contribution is -0.139. The third-order valence-corrected chi connectivity index (χ3v) is 9.59. The van der Waals surface area contributed by atoms with Gasteiger partial charge in [0.25, 0.3) is 0 Å². The second-order valence-electron chi connectivity index (χ2n) is 9.30. The van der Waals surface area contributed by atoms with Crippen LogP contribution in [0, 0.1) is 17.8 Å². The van der Waals surface area contributed by atoms with Crippen molar-refractivity contribution >= 4 is 46.8 Å². The van der Waals surface area contributed by atoms with Crippen molar-refractivity contribution in [3.05, 3.63) is 29.3 Å². The van der Waals surface area contributed by atoms with Crippen LogP contribution in [0.4, 0.5) is 5.69 Å². The summed E-state index contributed by atoms with van der Waals surface area (Å²) in [6, 6.07) is 6.24. The number of benzene rings is 1. The molecule has 3 unspecified atom stereocenters. The first-order chi connectivity index (χ1) is 15.8. The number of nitrogens with zero attached hydrogens (tertiary/aromatic N) is 1. The lowest BCUT2D eigenvalue weighted by Gasteiger charge is -2.38. The van der Waals surface area contributed by atoms with Gasteiger partial charge in [0.15, 0.2) is 0 Å². The van der Waals surface area contributed by atoms with Crippen molar-refractivity contribution in [2.75, 3.05) is 25.0 Å². The molecule has 1 aromatic rings. The van der Waals surface area contributed by atoms with Crippen LogP contribution in [-0.4, -0.2) is 63.5 Å². The number of hydrogen-bond donors (Lipinski definition) is 3. The molecule has 1 spiro atoms. The van der Waals surface area contributed by atoms with E-state index < -0.39 is 22.6 Å². The van der Waals surface area contributed by atoms with Gasteiger partial charge in [-0.25, -0.2) is 0 Å². The monoisotopic (exact) mass is 493 g/mol. The summed E-state index contributed by atoms with van der Waals surface area (Å²) >= 11 is 7.65. The molecule has 0 saturated carbocycles. The number of fused-ring (bicyclic) bond motifs is 1. The van der Waals surface area contributed by atoms with E-state index in [4.69, 9.17) is 11.6 Å². The Labute approximate surface area is 204 Å². The SMILES string of the molecule is CCCNC(=O)[C@@H]1[C@@H]2CC(C)C3(S2)C(C(=O)Nc2ccc(Cl)cc2)N(CCCCO)C(=O)[C@H]13. The average molecular weight is 494 g/mol. The number of carbonyl (C=O) groups is 3. The fourth-order valence-corrected chi connectivity index (χ4v) is 8.41. The summed E-state index contributed by atoms with van der Waals surface area (Å²) in [5.74, 6) is -1.22. The first-order valence-corrected chi connectivity index (χ1v) is 13.0. The molecule has 3 heterocycles. The van der Waals surface area contributed by atoms with E-state index in [0.717, 1.165) is 12.8 Å². The van der Waals surface area contributed by atoms with Crippen LogP contribution in [-0.2, 0) is 14.4 Å². The lowest BCUT2D eigenvalue weighted by Crippen LogP contribution is -2.55. The number of hydrogen-bond acceptors (Lipinski definition) is 5. The van der Waals surface area contributed by atoms with Crippen LogP contribution >= 0.6 is 23.4 Å². The first-order valence-electron chi connectivity index (χ1n) is 11.8. The molecule has 0 radical (unpaired) electrons. The Morgan fingerprint density at radius 3 is 2.64 bits per heavy atom. The Morgan fingerprint density at radius 1 is 1.24 bits per heavy atom. The molecule has 3 aliphatic heterocycles. The van der Waals surface area contributed by atoms with Crippen molar-refractivity contribution < 1.29 is 19.5 Å². The fraction of sp³-hybridized carbons (Fsp3) is 0.625. The maximum absolute atomic E-state index is 13.8. The van der Waals surface area contributed by atoms with Gasteiger partial charge in [0.2, 0.25) is 17.7 Å². The standard InChI is InChI=1S/C24H32ClN3O4S/c1-3-10-26-21(30)18-17-13-14(2)24(33-17)19(18)23(32)28(11-4-5-12-29)20(24)22(31)27-16-8-6-15(25)7-9-16/h6-9,14,17-20,29H,3-5,10-13H2,1-2H3,(H,26,30)(H,27,31)/t14?,17-,18+,19-,20?,24?/m0/s1. The summed E-state index contributed by atoms with van der Waals surface area (Å²) in [5, 5.41) is 15.8. The minimum absolute atomic E-state index is 0.0352. The fourth-order valence-electron chi connectivity index (χ4n) is 5.86. The maximum Gasteiger partial charge on any atom is 0.248 e. The first kappa shape index (κ1) is 24.4. The van der Waals surface area contributed by atoms with Gasteiger partial charge < -0.3 is 20.6 Å². The van der Waals surface area contributed by atoms with E-state index in [2.05, 4.69) is 17.6 Å². The molecule has 2 bridgehead atoms. The van der Waals surface area contributed by atoms with Crippen molar-refractivity contribution in [1.82, 2.24) is 10.2 Å². The molecule has 180 valence electrons. The van der Waals surface area contributed by atoms with Crippen molar-refractivity contribution in [2.24, 2.45) is 17.8 Å². The van der Waals surface area contributed by atoms with Crippen molar-refractivity contribution in [3.8, 4) is 0 Å². The van der Waals surface area contributed by atoms with Gasteiger partial charge in [-0.15, -0.1) is 11.8 Å². The second-order valence-corrected chi connectivity index (χ2v) is 11.3. The molecule has 3 N–H and O–H groups in total. The lowest BCUT2D eigenvalue weighted by atomic mass is 9.66. The number of aliphatic hydroxyl groups excluding tert-OH is 1. The zero-order chi connectivity index (χ0) is 23.8. The third kappa shape index (κ3) is 4.15. The number of anilines is 1. The number of aliphatic hydroxyl groups is 1. The van der Waals surface area contributed by atoms with Crippen LogP contribution in [0.1, 0.15) is 39.5 Å². The van der Waals surface area contributed by atoms with E-state index >= 15 is 0 Å². The van der Waals surface area contributed by atoms with Crippen LogP contribution in [0.2, 0.25) is 5.02 Å². The maximum atomic E-state index is 13.8. The van der Waals surface area contributed by atoms with Crippen LogP contribution in [0.3, 0.4) is 0 Å². The number of carbonyl (C=O) groups excluding carboxylic acids is 3. The predicted octanol–water partition coefficient (Wildman–Crippen LogP) is 2.91. The zero-order valence-corrected chi connectivity index (χ0v) is 20.6. The van der Waals surface area contributed by atoms with Crippen molar-refractivity contribution in [3.63, 3.8) is 0 Å². The molecule has 7 nitrogen and oxygen atoms in total. The minimum atomic E-state index is -0.668. The van der Waals surface area contributed by atoms with E-state index in [1.54, 1.807) is 40.9 Å². The summed E-state index contributed by atoms with van der Waals surface area (Å²) in [5.41, 5.74) is 0.620. The highest BCUT2D eigenvalue weighted by Gasteiger charge is 2.75. The Kier molecular flexibility index (Phi) is 7.26. The van der Waals surface area contributed by atoms with Crippen LogP contribution in [0.15, 0.2) is 24.3 Å². The highest BCUT2D eigenvalue weighted by Crippen LogP contribution is 2.68. The Morgan fingerprint density at radius 2 is 1.97 bits per heavy atom. The van der Waals surface area contributed by atoms with E-state index in [0.29, 0.717) is 36.6 Å². The molecule has 6 atom stereocenters. The molecule has 0 aromatic heterocycles. The van der Waals surface area contributed by atoms with Crippen LogP contribution in [0.5, 0.6) is 0 Å².